The predicted octanol–water partition coefficient (Wildman–Crippen LogP) is 3.00. The zero-order valence-corrected chi connectivity index (χ0v) is 12.9. The number of nitrogens with one attached hydrogen (secondary N) is 2. The van der Waals surface area contributed by atoms with Gasteiger partial charge in [-0.05, 0) is 50.3 Å². The van der Waals surface area contributed by atoms with E-state index in [0.717, 1.165) is 30.5 Å². The van der Waals surface area contributed by atoms with Gasteiger partial charge in [-0.1, -0.05) is 12.1 Å². The van der Waals surface area contributed by atoms with Crippen molar-refractivity contribution in [3.8, 4) is 0 Å². The Bertz CT molecular complexity index is 682. The third kappa shape index (κ3) is 2.56. The zero-order chi connectivity index (χ0) is 15.0. The van der Waals surface area contributed by atoms with Crippen LogP contribution in [0.1, 0.15) is 40.0 Å². The van der Waals surface area contributed by atoms with Gasteiger partial charge in [0.25, 0.3) is 5.91 Å². The lowest BCUT2D eigenvalue weighted by Crippen LogP contribution is -2.40. The monoisotopic (exact) mass is 286 g/mol. The number of rotatable bonds is 2. The fraction of sp³-hybridized carbons (Fsp3) is 0.471. The molecule has 2 heterocycles. The molecule has 1 unspecified atom stereocenters. The molecule has 1 amide bonds. The number of carbonyl (C=O) groups is 1. The molecule has 1 atom stereocenters. The van der Waals surface area contributed by atoms with Crippen molar-refractivity contribution in [3.05, 3.63) is 34.5 Å². The van der Waals surface area contributed by atoms with Gasteiger partial charge in [-0.3, -0.25) is 4.79 Å². The summed E-state index contributed by atoms with van der Waals surface area (Å²) in [6, 6.07) is 4.32. The summed E-state index contributed by atoms with van der Waals surface area (Å²) in [6.45, 7) is 7.57. The summed E-state index contributed by atoms with van der Waals surface area (Å²) in [5.41, 5.74) is 5.13. The quantitative estimate of drug-likeness (QED) is 0.891. The Hall–Kier alpha value is -1.81. The Morgan fingerprint density at radius 2 is 2.05 bits per heavy atom. The summed E-state index contributed by atoms with van der Waals surface area (Å²) in [5, 5.41) is 4.25. The Balaban J connectivity index is 1.93. The third-order valence-corrected chi connectivity index (χ3v) is 4.34. The largest absolute Gasteiger partial charge is 0.379 e. The number of benzene rings is 1. The number of aromatic amines is 1. The highest BCUT2D eigenvalue weighted by Gasteiger charge is 2.21. The first-order valence-corrected chi connectivity index (χ1v) is 7.55. The molecule has 0 spiro atoms. The van der Waals surface area contributed by atoms with E-state index in [0.29, 0.717) is 12.3 Å². The van der Waals surface area contributed by atoms with Gasteiger partial charge in [0.2, 0.25) is 0 Å². The number of carbonyl (C=O) groups excluding carboxylic acids is 1. The van der Waals surface area contributed by atoms with E-state index in [1.165, 1.54) is 16.5 Å². The summed E-state index contributed by atoms with van der Waals surface area (Å²) in [5.74, 6) is -0.0296. The fourth-order valence-electron chi connectivity index (χ4n) is 3.14. The summed E-state index contributed by atoms with van der Waals surface area (Å²) in [7, 11) is 0. The normalized spacial score (nSPS) is 18.9. The Morgan fingerprint density at radius 3 is 2.71 bits per heavy atom. The number of amides is 1. The molecule has 112 valence electrons. The second-order valence-corrected chi connectivity index (χ2v) is 5.96. The van der Waals surface area contributed by atoms with Gasteiger partial charge in [-0.2, -0.15) is 0 Å². The highest BCUT2D eigenvalue weighted by molar-refractivity contribution is 6.02. The van der Waals surface area contributed by atoms with Gasteiger partial charge in [0.1, 0.15) is 5.69 Å². The van der Waals surface area contributed by atoms with E-state index in [2.05, 4.69) is 36.3 Å². The number of aryl methyl sites for hydroxylation is 3. The van der Waals surface area contributed by atoms with Gasteiger partial charge in [-0.25, -0.2) is 0 Å². The van der Waals surface area contributed by atoms with Crippen molar-refractivity contribution in [2.45, 2.75) is 39.7 Å². The maximum absolute atomic E-state index is 12.5. The van der Waals surface area contributed by atoms with E-state index < -0.39 is 0 Å². The molecule has 1 aromatic carbocycles. The Morgan fingerprint density at radius 1 is 1.29 bits per heavy atom. The van der Waals surface area contributed by atoms with Gasteiger partial charge >= 0.3 is 0 Å². The van der Waals surface area contributed by atoms with Crippen molar-refractivity contribution >= 4 is 16.8 Å². The molecule has 21 heavy (non-hydrogen) atoms. The molecule has 2 aromatic rings. The van der Waals surface area contributed by atoms with Crippen molar-refractivity contribution < 1.29 is 9.53 Å². The average Bonchev–Trinajstić information content (AvgIpc) is 2.83. The van der Waals surface area contributed by atoms with Crippen molar-refractivity contribution in [1.29, 1.82) is 0 Å². The van der Waals surface area contributed by atoms with E-state index in [1.54, 1.807) is 0 Å². The number of ether oxygens (including phenoxy) is 1. The van der Waals surface area contributed by atoms with Crippen molar-refractivity contribution in [2.75, 3.05) is 13.2 Å². The van der Waals surface area contributed by atoms with Crippen LogP contribution in [0.5, 0.6) is 0 Å². The number of hydrogen-bond donors (Lipinski definition) is 2. The molecular weight excluding hydrogens is 264 g/mol. The standard InChI is InChI=1S/C17H22N2O2/c1-10-6-7-11(2)15-14(10)12(3)16(19-15)17(20)18-13-5-4-8-21-9-13/h6-7,13,19H,4-5,8-9H2,1-3H3,(H,18,20). The number of hydrogen-bond acceptors (Lipinski definition) is 2. The summed E-state index contributed by atoms with van der Waals surface area (Å²) in [6.07, 6.45) is 2.00. The van der Waals surface area contributed by atoms with Crippen LogP contribution in [0.25, 0.3) is 10.9 Å². The lowest BCUT2D eigenvalue weighted by Gasteiger charge is -2.22. The number of aromatic nitrogens is 1. The molecule has 0 saturated carbocycles. The molecular formula is C17H22N2O2. The van der Waals surface area contributed by atoms with Crippen LogP contribution >= 0.6 is 0 Å². The van der Waals surface area contributed by atoms with E-state index in [1.807, 2.05) is 6.92 Å². The smallest absolute Gasteiger partial charge is 0.268 e. The van der Waals surface area contributed by atoms with E-state index in [-0.39, 0.29) is 11.9 Å². The van der Waals surface area contributed by atoms with Crippen molar-refractivity contribution in [3.63, 3.8) is 0 Å². The minimum absolute atomic E-state index is 0.0296. The minimum Gasteiger partial charge on any atom is -0.379 e. The predicted molar refractivity (Wildman–Crippen MR) is 83.8 cm³/mol. The maximum Gasteiger partial charge on any atom is 0.268 e. The Labute approximate surface area is 124 Å². The van der Waals surface area contributed by atoms with Crippen molar-refractivity contribution in [1.82, 2.24) is 10.3 Å². The molecule has 4 heteroatoms. The minimum atomic E-state index is -0.0296. The van der Waals surface area contributed by atoms with Gasteiger partial charge in [-0.15, -0.1) is 0 Å². The van der Waals surface area contributed by atoms with Crippen LogP contribution in [-0.2, 0) is 4.74 Å². The first kappa shape index (κ1) is 14.1. The molecule has 1 aliphatic rings. The molecule has 3 rings (SSSR count). The first-order chi connectivity index (χ1) is 10.1. The third-order valence-electron chi connectivity index (χ3n) is 4.34. The summed E-state index contributed by atoms with van der Waals surface area (Å²) < 4.78 is 5.42. The number of fused-ring (bicyclic) bond motifs is 1. The highest BCUT2D eigenvalue weighted by atomic mass is 16.5. The van der Waals surface area contributed by atoms with Crippen LogP contribution in [-0.4, -0.2) is 30.1 Å². The second-order valence-electron chi connectivity index (χ2n) is 5.96. The van der Waals surface area contributed by atoms with Gasteiger partial charge < -0.3 is 15.0 Å². The van der Waals surface area contributed by atoms with Crippen LogP contribution in [0.15, 0.2) is 12.1 Å². The SMILES string of the molecule is Cc1ccc(C)c2c(C)c(C(=O)NC3CCCOC3)[nH]c12. The second kappa shape index (κ2) is 5.53. The molecule has 1 saturated heterocycles. The van der Waals surface area contributed by atoms with Gasteiger partial charge in [0, 0.05) is 17.5 Å². The van der Waals surface area contributed by atoms with Crippen LogP contribution in [0.2, 0.25) is 0 Å². The lowest BCUT2D eigenvalue weighted by molar-refractivity contribution is 0.0622. The summed E-state index contributed by atoms with van der Waals surface area (Å²) in [4.78, 5) is 15.8. The van der Waals surface area contributed by atoms with Crippen LogP contribution in [0.3, 0.4) is 0 Å². The van der Waals surface area contributed by atoms with E-state index in [4.69, 9.17) is 4.74 Å². The van der Waals surface area contributed by atoms with Crippen LogP contribution < -0.4 is 5.32 Å². The molecule has 1 aromatic heterocycles. The molecule has 2 N–H and O–H groups in total. The van der Waals surface area contributed by atoms with Gasteiger partial charge in [0.15, 0.2) is 0 Å². The zero-order valence-electron chi connectivity index (χ0n) is 12.9. The molecule has 0 bridgehead atoms. The van der Waals surface area contributed by atoms with Crippen molar-refractivity contribution in [2.24, 2.45) is 0 Å². The fourth-order valence-corrected chi connectivity index (χ4v) is 3.14. The maximum atomic E-state index is 12.5. The molecule has 0 radical (unpaired) electrons. The van der Waals surface area contributed by atoms with Crippen LogP contribution in [0.4, 0.5) is 0 Å². The van der Waals surface area contributed by atoms with Gasteiger partial charge in [0.05, 0.1) is 12.6 Å². The van der Waals surface area contributed by atoms with Crippen LogP contribution in [0, 0.1) is 20.8 Å². The number of H-pyrrole nitrogens is 1. The first-order valence-electron chi connectivity index (χ1n) is 7.55. The average molecular weight is 286 g/mol. The summed E-state index contributed by atoms with van der Waals surface area (Å²) >= 11 is 0. The molecule has 4 nitrogen and oxygen atoms in total. The molecule has 0 aliphatic carbocycles. The Kier molecular flexibility index (Phi) is 3.72. The highest BCUT2D eigenvalue weighted by Crippen LogP contribution is 2.27. The lowest BCUT2D eigenvalue weighted by atomic mass is 10.0. The topological polar surface area (TPSA) is 54.1 Å². The van der Waals surface area contributed by atoms with E-state index >= 15 is 0 Å². The molecule has 1 fully saturated rings. The van der Waals surface area contributed by atoms with E-state index in [9.17, 15) is 4.79 Å². The molecule has 1 aliphatic heterocycles.